The molecule has 9 nitrogen and oxygen atoms in total. The fourth-order valence-electron chi connectivity index (χ4n) is 1.14. The number of urea groups is 1. The predicted molar refractivity (Wildman–Crippen MR) is 63.0 cm³/mol. The number of aromatic nitrogens is 3. The molecule has 3 amide bonds. The number of rotatable bonds is 6. The van der Waals surface area contributed by atoms with Crippen LogP contribution in [0.1, 0.15) is 6.42 Å². The third kappa shape index (κ3) is 6.56. The van der Waals surface area contributed by atoms with Gasteiger partial charge in [0.25, 0.3) is 5.91 Å². The number of aryl methyl sites for hydroxylation is 1. The molecule has 1 rings (SSSR count). The molecule has 0 unspecified atom stereocenters. The van der Waals surface area contributed by atoms with E-state index in [0.29, 0.717) is 25.6 Å². The number of hydrogen-bond donors (Lipinski definition) is 3. The van der Waals surface area contributed by atoms with Crippen LogP contribution in [0.3, 0.4) is 0 Å². The third-order valence-corrected chi connectivity index (χ3v) is 1.94. The number of carbonyl (C=O) groups excluding carboxylic acids is 2. The van der Waals surface area contributed by atoms with Gasteiger partial charge in [-0.15, -0.1) is 5.10 Å². The maximum Gasteiger partial charge on any atom is 0.328 e. The van der Waals surface area contributed by atoms with Gasteiger partial charge in [0, 0.05) is 31.4 Å². The topological polar surface area (TPSA) is 126 Å². The summed E-state index contributed by atoms with van der Waals surface area (Å²) in [5, 5.41) is 20.0. The van der Waals surface area contributed by atoms with Crippen LogP contribution in [0.5, 0.6) is 0 Å². The van der Waals surface area contributed by atoms with Gasteiger partial charge >= 0.3 is 12.0 Å². The van der Waals surface area contributed by atoms with Crippen LogP contribution in [0, 0.1) is 0 Å². The summed E-state index contributed by atoms with van der Waals surface area (Å²) in [6.07, 6.45) is 5.27. The first-order valence-corrected chi connectivity index (χ1v) is 5.42. The lowest BCUT2D eigenvalue weighted by Crippen LogP contribution is -2.39. The summed E-state index contributed by atoms with van der Waals surface area (Å²) in [6, 6.07) is -0.682. The third-order valence-electron chi connectivity index (χ3n) is 1.94. The zero-order chi connectivity index (χ0) is 14.1. The number of aliphatic carboxylic acids is 1. The molecule has 0 spiro atoms. The van der Waals surface area contributed by atoms with Crippen LogP contribution < -0.4 is 10.6 Å². The molecule has 0 radical (unpaired) electrons. The standard InChI is InChI=1S/C10H13N5O4/c16-8(2-3-9(17)18)13-10(19)11-4-1-6-15-7-5-12-14-15/h2-3,5,7H,1,4,6H2,(H,17,18)(H2,11,13,16,19)/b3-2+. The molecule has 102 valence electrons. The molecule has 0 aliphatic carbocycles. The SMILES string of the molecule is O=C(O)/C=C/C(=O)NC(=O)NCCCn1ccnn1. The maximum atomic E-state index is 11.2. The molecular weight excluding hydrogens is 254 g/mol. The van der Waals surface area contributed by atoms with Crippen molar-refractivity contribution in [3.8, 4) is 0 Å². The van der Waals surface area contributed by atoms with Crippen molar-refractivity contribution in [1.29, 1.82) is 0 Å². The van der Waals surface area contributed by atoms with Crippen molar-refractivity contribution in [3.63, 3.8) is 0 Å². The van der Waals surface area contributed by atoms with Crippen molar-refractivity contribution in [3.05, 3.63) is 24.5 Å². The molecule has 0 aromatic carbocycles. The van der Waals surface area contributed by atoms with E-state index in [9.17, 15) is 14.4 Å². The summed E-state index contributed by atoms with van der Waals surface area (Å²) < 4.78 is 1.61. The first-order chi connectivity index (χ1) is 9.08. The van der Waals surface area contributed by atoms with Gasteiger partial charge in [-0.25, -0.2) is 9.59 Å². The first-order valence-electron chi connectivity index (χ1n) is 5.42. The molecule has 0 aliphatic rings. The second-order valence-corrected chi connectivity index (χ2v) is 3.44. The van der Waals surface area contributed by atoms with Crippen LogP contribution in [0.2, 0.25) is 0 Å². The highest BCUT2D eigenvalue weighted by Gasteiger charge is 2.04. The number of hydrogen-bond acceptors (Lipinski definition) is 5. The number of nitrogens with zero attached hydrogens (tertiary/aromatic N) is 3. The van der Waals surface area contributed by atoms with Crippen LogP contribution >= 0.6 is 0 Å². The molecule has 1 aromatic heterocycles. The Bertz CT molecular complexity index is 468. The molecule has 3 N–H and O–H groups in total. The maximum absolute atomic E-state index is 11.2. The summed E-state index contributed by atoms with van der Waals surface area (Å²) >= 11 is 0. The Morgan fingerprint density at radius 2 is 2.11 bits per heavy atom. The minimum atomic E-state index is -1.26. The van der Waals surface area contributed by atoms with Gasteiger partial charge in [-0.2, -0.15) is 0 Å². The average Bonchev–Trinajstić information content (AvgIpc) is 2.85. The van der Waals surface area contributed by atoms with E-state index >= 15 is 0 Å². The molecule has 0 fully saturated rings. The highest BCUT2D eigenvalue weighted by molar-refractivity contribution is 6.02. The van der Waals surface area contributed by atoms with Crippen molar-refractivity contribution in [2.24, 2.45) is 0 Å². The van der Waals surface area contributed by atoms with E-state index < -0.39 is 17.9 Å². The molecular formula is C10H13N5O4. The number of carboxylic acids is 1. The zero-order valence-electron chi connectivity index (χ0n) is 9.94. The van der Waals surface area contributed by atoms with E-state index in [2.05, 4.69) is 15.6 Å². The smallest absolute Gasteiger partial charge is 0.328 e. The van der Waals surface area contributed by atoms with Gasteiger partial charge in [0.15, 0.2) is 0 Å². The Kier molecular flexibility index (Phi) is 5.73. The number of carbonyl (C=O) groups is 3. The second kappa shape index (κ2) is 7.58. The summed E-state index contributed by atoms with van der Waals surface area (Å²) in [6.45, 7) is 0.939. The van der Waals surface area contributed by atoms with Gasteiger partial charge in [0.05, 0.1) is 6.20 Å². The van der Waals surface area contributed by atoms with Crippen LogP contribution in [-0.2, 0) is 16.1 Å². The van der Waals surface area contributed by atoms with Crippen molar-refractivity contribution in [1.82, 2.24) is 25.6 Å². The van der Waals surface area contributed by atoms with E-state index in [1.54, 1.807) is 17.1 Å². The number of imide groups is 1. The number of carboxylic acid groups (broad SMARTS) is 1. The normalized spacial score (nSPS) is 10.3. The van der Waals surface area contributed by atoms with Crippen molar-refractivity contribution >= 4 is 17.9 Å². The molecule has 0 saturated heterocycles. The number of amides is 3. The van der Waals surface area contributed by atoms with E-state index in [1.807, 2.05) is 5.32 Å². The highest BCUT2D eigenvalue weighted by atomic mass is 16.4. The van der Waals surface area contributed by atoms with Gasteiger partial charge in [0.2, 0.25) is 0 Å². The van der Waals surface area contributed by atoms with Gasteiger partial charge in [-0.1, -0.05) is 5.21 Å². The van der Waals surface area contributed by atoms with Crippen LogP contribution in [0.25, 0.3) is 0 Å². The quantitative estimate of drug-likeness (QED) is 0.454. The van der Waals surface area contributed by atoms with Gasteiger partial charge in [0.1, 0.15) is 0 Å². The summed E-state index contributed by atoms with van der Waals surface area (Å²) in [5.41, 5.74) is 0. The molecule has 0 atom stereocenters. The van der Waals surface area contributed by atoms with E-state index in [0.717, 1.165) is 6.08 Å². The fourth-order valence-corrected chi connectivity index (χ4v) is 1.14. The Labute approximate surface area is 108 Å². The van der Waals surface area contributed by atoms with Gasteiger partial charge in [-0.05, 0) is 6.42 Å². The monoisotopic (exact) mass is 267 g/mol. The average molecular weight is 267 g/mol. The zero-order valence-corrected chi connectivity index (χ0v) is 9.94. The first kappa shape index (κ1) is 14.4. The minimum absolute atomic E-state index is 0.349. The largest absolute Gasteiger partial charge is 0.478 e. The summed E-state index contributed by atoms with van der Waals surface area (Å²) in [5.74, 6) is -2.06. The van der Waals surface area contributed by atoms with E-state index in [1.165, 1.54) is 0 Å². The lowest BCUT2D eigenvalue weighted by molar-refractivity contribution is -0.131. The fraction of sp³-hybridized carbons (Fsp3) is 0.300. The van der Waals surface area contributed by atoms with Crippen LogP contribution in [0.4, 0.5) is 4.79 Å². The molecule has 9 heteroatoms. The van der Waals surface area contributed by atoms with Gasteiger partial charge in [-0.3, -0.25) is 14.8 Å². The Hall–Kier alpha value is -2.71. The van der Waals surface area contributed by atoms with Crippen molar-refractivity contribution in [2.75, 3.05) is 6.54 Å². The summed E-state index contributed by atoms with van der Waals surface area (Å²) in [4.78, 5) is 32.4. The predicted octanol–water partition coefficient (Wildman–Crippen LogP) is -0.865. The number of nitrogens with one attached hydrogen (secondary N) is 2. The Morgan fingerprint density at radius 3 is 2.74 bits per heavy atom. The second-order valence-electron chi connectivity index (χ2n) is 3.44. The molecule has 0 bridgehead atoms. The minimum Gasteiger partial charge on any atom is -0.478 e. The lowest BCUT2D eigenvalue weighted by atomic mass is 10.4. The molecule has 1 heterocycles. The molecule has 1 aromatic rings. The van der Waals surface area contributed by atoms with E-state index in [-0.39, 0.29) is 0 Å². The van der Waals surface area contributed by atoms with Crippen LogP contribution in [-0.4, -0.2) is 44.6 Å². The Balaban J connectivity index is 2.14. The highest BCUT2D eigenvalue weighted by Crippen LogP contribution is 1.85. The molecule has 19 heavy (non-hydrogen) atoms. The lowest BCUT2D eigenvalue weighted by Gasteiger charge is -2.04. The van der Waals surface area contributed by atoms with E-state index in [4.69, 9.17) is 5.11 Å². The van der Waals surface area contributed by atoms with Crippen molar-refractivity contribution in [2.45, 2.75) is 13.0 Å². The summed E-state index contributed by atoms with van der Waals surface area (Å²) in [7, 11) is 0. The van der Waals surface area contributed by atoms with Crippen LogP contribution in [0.15, 0.2) is 24.5 Å². The van der Waals surface area contributed by atoms with Crippen molar-refractivity contribution < 1.29 is 19.5 Å². The van der Waals surface area contributed by atoms with Gasteiger partial charge < -0.3 is 10.4 Å². The Morgan fingerprint density at radius 1 is 1.32 bits per heavy atom. The molecule has 0 saturated carbocycles. The molecule has 0 aliphatic heterocycles.